The van der Waals surface area contributed by atoms with Crippen molar-refractivity contribution >= 4 is 5.78 Å². The average Bonchev–Trinajstić information content (AvgIpc) is 2.49. The summed E-state index contributed by atoms with van der Waals surface area (Å²) >= 11 is 0. The third-order valence-electron chi connectivity index (χ3n) is 2.84. The topological polar surface area (TPSA) is 35.5 Å². The molecule has 0 N–H and O–H groups in total. The molecule has 0 bridgehead atoms. The Kier molecular flexibility index (Phi) is 2.65. The fraction of sp³-hybridized carbons (Fsp3) is 0.900. The summed E-state index contributed by atoms with van der Waals surface area (Å²) in [6.07, 6.45) is 6.35. The zero-order valence-electron chi connectivity index (χ0n) is 7.88. The van der Waals surface area contributed by atoms with Crippen LogP contribution in [0.4, 0.5) is 0 Å². The Morgan fingerprint density at radius 2 is 1.54 bits per heavy atom. The number of Topliss-reactive ketones (excluding diaryl/α,β-unsaturated/α-hetero) is 1. The molecule has 0 unspecified atom stereocenters. The molecule has 13 heavy (non-hydrogen) atoms. The van der Waals surface area contributed by atoms with Gasteiger partial charge in [-0.05, 0) is 12.8 Å². The Balaban J connectivity index is 0.000000113. The summed E-state index contributed by atoms with van der Waals surface area (Å²) in [6.45, 7) is 1.61. The maximum absolute atomic E-state index is 9.90. The molecule has 3 nitrogen and oxygen atoms in total. The smallest absolute Gasteiger partial charge is 0.168 e. The van der Waals surface area contributed by atoms with E-state index in [-0.39, 0.29) is 5.79 Å². The number of ether oxygens (including phenoxy) is 2. The second-order valence-electron chi connectivity index (χ2n) is 3.85. The number of carbonyl (C=O) groups is 1. The largest absolute Gasteiger partial charge is 0.348 e. The molecule has 0 radical (unpaired) electrons. The fourth-order valence-electron chi connectivity index (χ4n) is 1.57. The lowest BCUT2D eigenvalue weighted by atomic mass is 9.92. The molecule has 2 saturated carbocycles. The van der Waals surface area contributed by atoms with Crippen LogP contribution in [0.15, 0.2) is 0 Å². The van der Waals surface area contributed by atoms with Crippen LogP contribution in [-0.2, 0) is 14.3 Å². The zero-order chi connectivity index (χ0) is 9.15. The van der Waals surface area contributed by atoms with Crippen LogP contribution in [0.3, 0.4) is 0 Å². The van der Waals surface area contributed by atoms with Crippen molar-refractivity contribution in [3.8, 4) is 0 Å². The van der Waals surface area contributed by atoms with Crippen LogP contribution >= 0.6 is 0 Å². The molecule has 0 aromatic heterocycles. The third-order valence-corrected chi connectivity index (χ3v) is 2.84. The first kappa shape index (κ1) is 9.16. The molecule has 1 saturated heterocycles. The van der Waals surface area contributed by atoms with Crippen LogP contribution in [0.5, 0.6) is 0 Å². The van der Waals surface area contributed by atoms with Gasteiger partial charge in [-0.1, -0.05) is 0 Å². The van der Waals surface area contributed by atoms with Gasteiger partial charge in [0, 0.05) is 25.7 Å². The maximum Gasteiger partial charge on any atom is 0.168 e. The van der Waals surface area contributed by atoms with Gasteiger partial charge in [-0.2, -0.15) is 0 Å². The summed E-state index contributed by atoms with van der Waals surface area (Å²) in [5.41, 5.74) is 0. The lowest BCUT2D eigenvalue weighted by Crippen LogP contribution is -2.37. The van der Waals surface area contributed by atoms with Crippen LogP contribution in [0.1, 0.15) is 38.5 Å². The van der Waals surface area contributed by atoms with E-state index in [9.17, 15) is 4.79 Å². The van der Waals surface area contributed by atoms with Gasteiger partial charge in [0.25, 0.3) is 0 Å². The Morgan fingerprint density at radius 3 is 1.69 bits per heavy atom. The standard InChI is InChI=1S/C6H10O2.C4H6O/c1-2-6(3-1)7-4-5-8-6;5-4-2-1-3-4/h1-5H2;1-3H2. The summed E-state index contributed by atoms with van der Waals surface area (Å²) in [4.78, 5) is 9.90. The highest BCUT2D eigenvalue weighted by Gasteiger charge is 2.42. The van der Waals surface area contributed by atoms with Crippen LogP contribution in [0.25, 0.3) is 0 Å². The lowest BCUT2D eigenvalue weighted by molar-refractivity contribution is -0.206. The van der Waals surface area contributed by atoms with E-state index in [2.05, 4.69) is 0 Å². The highest BCUT2D eigenvalue weighted by molar-refractivity contribution is 5.83. The minimum atomic E-state index is -0.0833. The van der Waals surface area contributed by atoms with Crippen molar-refractivity contribution in [1.82, 2.24) is 0 Å². The van der Waals surface area contributed by atoms with E-state index in [1.165, 1.54) is 6.42 Å². The first-order valence-electron chi connectivity index (χ1n) is 5.10. The molecule has 74 valence electrons. The molecular weight excluding hydrogens is 168 g/mol. The van der Waals surface area contributed by atoms with Crippen molar-refractivity contribution in [2.75, 3.05) is 13.2 Å². The van der Waals surface area contributed by atoms with Gasteiger partial charge in [0.15, 0.2) is 5.79 Å². The average molecular weight is 184 g/mol. The van der Waals surface area contributed by atoms with Crippen LogP contribution in [-0.4, -0.2) is 24.8 Å². The van der Waals surface area contributed by atoms with Gasteiger partial charge in [-0.15, -0.1) is 0 Å². The second kappa shape index (κ2) is 3.76. The van der Waals surface area contributed by atoms with E-state index >= 15 is 0 Å². The molecule has 1 spiro atoms. The van der Waals surface area contributed by atoms with Crippen molar-refractivity contribution in [3.05, 3.63) is 0 Å². The molecule has 0 amide bonds. The van der Waals surface area contributed by atoms with Gasteiger partial charge in [0.05, 0.1) is 13.2 Å². The minimum Gasteiger partial charge on any atom is -0.348 e. The van der Waals surface area contributed by atoms with E-state index in [0.717, 1.165) is 45.3 Å². The van der Waals surface area contributed by atoms with E-state index in [4.69, 9.17) is 9.47 Å². The third kappa shape index (κ3) is 2.09. The number of hydrogen-bond acceptors (Lipinski definition) is 3. The first-order valence-corrected chi connectivity index (χ1v) is 5.10. The highest BCUT2D eigenvalue weighted by Crippen LogP contribution is 2.39. The monoisotopic (exact) mass is 184 g/mol. The predicted molar refractivity (Wildman–Crippen MR) is 47.3 cm³/mol. The number of carbonyl (C=O) groups excluding carboxylic acids is 1. The molecule has 0 aromatic rings. The fourth-order valence-corrected chi connectivity index (χ4v) is 1.57. The molecule has 3 aliphatic rings. The van der Waals surface area contributed by atoms with Crippen molar-refractivity contribution in [2.24, 2.45) is 0 Å². The second-order valence-corrected chi connectivity index (χ2v) is 3.85. The van der Waals surface area contributed by atoms with Crippen LogP contribution < -0.4 is 0 Å². The SMILES string of the molecule is C1CC2(C1)OCCO2.O=C1CCC1. The molecule has 2 aliphatic carbocycles. The summed E-state index contributed by atoms with van der Waals surface area (Å²) in [6, 6.07) is 0. The van der Waals surface area contributed by atoms with Gasteiger partial charge in [-0.25, -0.2) is 0 Å². The van der Waals surface area contributed by atoms with Gasteiger partial charge >= 0.3 is 0 Å². The van der Waals surface area contributed by atoms with Crippen LogP contribution in [0, 0.1) is 0 Å². The van der Waals surface area contributed by atoms with Gasteiger partial charge < -0.3 is 9.47 Å². The van der Waals surface area contributed by atoms with Gasteiger partial charge in [0.2, 0.25) is 0 Å². The minimum absolute atomic E-state index is 0.0833. The summed E-state index contributed by atoms with van der Waals surface area (Å²) < 4.78 is 10.7. The molecule has 3 fully saturated rings. The Morgan fingerprint density at radius 1 is 1.00 bits per heavy atom. The molecule has 3 rings (SSSR count). The normalized spacial score (nSPS) is 28.8. The van der Waals surface area contributed by atoms with Crippen molar-refractivity contribution in [1.29, 1.82) is 0 Å². The van der Waals surface area contributed by atoms with E-state index in [1.807, 2.05) is 0 Å². The van der Waals surface area contributed by atoms with Gasteiger partial charge in [0.1, 0.15) is 5.78 Å². The Labute approximate surface area is 78.4 Å². The molecular formula is C10H16O3. The first-order chi connectivity index (χ1) is 6.31. The van der Waals surface area contributed by atoms with Crippen molar-refractivity contribution < 1.29 is 14.3 Å². The van der Waals surface area contributed by atoms with Gasteiger partial charge in [-0.3, -0.25) is 4.79 Å². The number of hydrogen-bond donors (Lipinski definition) is 0. The molecule has 0 aromatic carbocycles. The number of ketones is 1. The van der Waals surface area contributed by atoms with Crippen molar-refractivity contribution in [2.45, 2.75) is 44.3 Å². The summed E-state index contributed by atoms with van der Waals surface area (Å²) in [7, 11) is 0. The van der Waals surface area contributed by atoms with Crippen LogP contribution in [0.2, 0.25) is 0 Å². The zero-order valence-corrected chi connectivity index (χ0v) is 7.88. The molecule has 1 heterocycles. The molecule has 3 heteroatoms. The van der Waals surface area contributed by atoms with E-state index in [0.29, 0.717) is 5.78 Å². The Bertz CT molecular complexity index is 182. The Hall–Kier alpha value is -0.410. The molecule has 0 atom stereocenters. The quantitative estimate of drug-likeness (QED) is 0.574. The highest BCUT2D eigenvalue weighted by atomic mass is 16.7. The lowest BCUT2D eigenvalue weighted by Gasteiger charge is -2.35. The summed E-state index contributed by atoms with van der Waals surface area (Å²) in [5.74, 6) is 0.352. The molecule has 1 aliphatic heterocycles. The summed E-state index contributed by atoms with van der Waals surface area (Å²) in [5, 5.41) is 0. The number of rotatable bonds is 0. The van der Waals surface area contributed by atoms with Crippen molar-refractivity contribution in [3.63, 3.8) is 0 Å². The predicted octanol–water partition coefficient (Wildman–Crippen LogP) is 1.65. The van der Waals surface area contributed by atoms with E-state index < -0.39 is 0 Å². The van der Waals surface area contributed by atoms with E-state index in [1.54, 1.807) is 0 Å². The maximum atomic E-state index is 9.90.